The molecule has 26 heavy (non-hydrogen) atoms. The zero-order chi connectivity index (χ0) is 18.5. The van der Waals surface area contributed by atoms with Crippen LogP contribution in [0.5, 0.6) is 5.75 Å². The monoisotopic (exact) mass is 373 g/mol. The molecule has 0 unspecified atom stereocenters. The molecule has 1 fully saturated rings. The molecule has 1 aliphatic rings. The number of para-hydroxylation sites is 1. The lowest BCUT2D eigenvalue weighted by Crippen LogP contribution is -2.47. The second-order valence-corrected chi connectivity index (χ2v) is 6.41. The molecule has 2 N–H and O–H groups in total. The van der Waals surface area contributed by atoms with Gasteiger partial charge in [0.05, 0.1) is 17.3 Å². The maximum absolute atomic E-state index is 12.3. The van der Waals surface area contributed by atoms with Crippen LogP contribution < -0.4 is 20.3 Å². The third-order valence-corrected chi connectivity index (χ3v) is 4.32. The molecule has 0 bridgehead atoms. The van der Waals surface area contributed by atoms with Gasteiger partial charge in [-0.05, 0) is 37.3 Å². The topological polar surface area (TPSA) is 70.7 Å². The molecule has 1 atom stereocenters. The van der Waals surface area contributed by atoms with Gasteiger partial charge in [-0.15, -0.1) is 0 Å². The molecule has 1 saturated heterocycles. The number of nitrogens with one attached hydrogen (secondary N) is 2. The minimum absolute atomic E-state index is 0.0309. The van der Waals surface area contributed by atoms with Crippen LogP contribution in [0.3, 0.4) is 0 Å². The van der Waals surface area contributed by atoms with Gasteiger partial charge in [0, 0.05) is 18.8 Å². The van der Waals surface area contributed by atoms with E-state index in [4.69, 9.17) is 16.3 Å². The molecule has 0 aromatic heterocycles. The molecule has 3 rings (SSSR count). The number of nitrogens with zero attached hydrogens (tertiary/aromatic N) is 1. The lowest BCUT2D eigenvalue weighted by molar-refractivity contribution is -0.122. The van der Waals surface area contributed by atoms with Crippen LogP contribution >= 0.6 is 11.6 Å². The fraction of sp³-hybridized carbons (Fsp3) is 0.263. The van der Waals surface area contributed by atoms with Gasteiger partial charge in [-0.2, -0.15) is 0 Å². The second-order valence-electron chi connectivity index (χ2n) is 6.00. The van der Waals surface area contributed by atoms with Crippen molar-refractivity contribution >= 4 is 34.8 Å². The van der Waals surface area contributed by atoms with E-state index in [0.29, 0.717) is 29.5 Å². The molecule has 0 spiro atoms. The van der Waals surface area contributed by atoms with Crippen molar-refractivity contribution in [3.63, 3.8) is 0 Å². The summed E-state index contributed by atoms with van der Waals surface area (Å²) < 4.78 is 5.61. The summed E-state index contributed by atoms with van der Waals surface area (Å²) in [5.41, 5.74) is 1.35. The third-order valence-electron chi connectivity index (χ3n) is 4.02. The largest absolute Gasteiger partial charge is 0.481 e. The predicted molar refractivity (Wildman–Crippen MR) is 102 cm³/mol. The van der Waals surface area contributed by atoms with E-state index < -0.39 is 6.10 Å². The molecule has 0 radical (unpaired) electrons. The fourth-order valence-corrected chi connectivity index (χ4v) is 2.99. The van der Waals surface area contributed by atoms with Crippen LogP contribution in [0.2, 0.25) is 5.02 Å². The number of hydrogen-bond donors (Lipinski definition) is 2. The quantitative estimate of drug-likeness (QED) is 0.845. The fourth-order valence-electron chi connectivity index (χ4n) is 2.69. The Morgan fingerprint density at radius 1 is 1.27 bits per heavy atom. The van der Waals surface area contributed by atoms with Gasteiger partial charge in [-0.25, -0.2) is 0 Å². The molecule has 6 nitrogen and oxygen atoms in total. The summed E-state index contributed by atoms with van der Waals surface area (Å²) in [5.74, 6) is 0.332. The average Bonchev–Trinajstić information content (AvgIpc) is 2.62. The smallest absolute Gasteiger partial charge is 0.265 e. The van der Waals surface area contributed by atoms with Gasteiger partial charge in [0.1, 0.15) is 5.75 Å². The molecule has 0 aliphatic carbocycles. The molecule has 1 heterocycles. The normalized spacial score (nSPS) is 15.2. The van der Waals surface area contributed by atoms with Gasteiger partial charge in [-0.3, -0.25) is 9.59 Å². The first-order valence-electron chi connectivity index (χ1n) is 8.36. The summed E-state index contributed by atoms with van der Waals surface area (Å²) in [7, 11) is 0. The summed E-state index contributed by atoms with van der Waals surface area (Å²) in [4.78, 5) is 25.8. The highest BCUT2D eigenvalue weighted by Gasteiger charge is 2.20. The lowest BCUT2D eigenvalue weighted by Gasteiger charge is -2.29. The number of carbonyl (C=O) groups excluding carboxylic acids is 2. The van der Waals surface area contributed by atoms with Crippen molar-refractivity contribution in [1.29, 1.82) is 0 Å². The van der Waals surface area contributed by atoms with E-state index in [2.05, 4.69) is 10.6 Å². The van der Waals surface area contributed by atoms with E-state index in [1.807, 2.05) is 23.1 Å². The van der Waals surface area contributed by atoms with E-state index >= 15 is 0 Å². The van der Waals surface area contributed by atoms with Crippen molar-refractivity contribution in [2.24, 2.45) is 0 Å². The Bertz CT molecular complexity index is 798. The van der Waals surface area contributed by atoms with E-state index in [1.165, 1.54) is 0 Å². The van der Waals surface area contributed by atoms with Gasteiger partial charge in [0.2, 0.25) is 5.91 Å². The summed E-state index contributed by atoms with van der Waals surface area (Å²) in [6.45, 7) is 3.24. The first-order chi connectivity index (χ1) is 12.5. The Balaban J connectivity index is 1.63. The van der Waals surface area contributed by atoms with Crippen molar-refractivity contribution in [1.82, 2.24) is 5.32 Å². The van der Waals surface area contributed by atoms with E-state index in [0.717, 1.165) is 5.69 Å². The Kier molecular flexibility index (Phi) is 5.63. The second kappa shape index (κ2) is 8.10. The van der Waals surface area contributed by atoms with Crippen molar-refractivity contribution in [3.8, 4) is 5.75 Å². The van der Waals surface area contributed by atoms with Crippen LogP contribution in [-0.2, 0) is 9.59 Å². The number of ether oxygens (including phenoxy) is 1. The Labute approximate surface area is 157 Å². The van der Waals surface area contributed by atoms with Crippen LogP contribution in [0.1, 0.15) is 6.92 Å². The predicted octanol–water partition coefficient (Wildman–Crippen LogP) is 2.68. The number of benzene rings is 2. The number of anilines is 2. The first kappa shape index (κ1) is 18.1. The third kappa shape index (κ3) is 4.46. The Morgan fingerprint density at radius 3 is 2.73 bits per heavy atom. The maximum Gasteiger partial charge on any atom is 0.265 e. The summed E-state index contributed by atoms with van der Waals surface area (Å²) >= 11 is 6.35. The molecule has 7 heteroatoms. The highest BCUT2D eigenvalue weighted by atomic mass is 35.5. The average molecular weight is 374 g/mol. The van der Waals surface area contributed by atoms with Gasteiger partial charge < -0.3 is 20.3 Å². The molecule has 2 aromatic rings. The van der Waals surface area contributed by atoms with Crippen LogP contribution in [0.15, 0.2) is 48.5 Å². The van der Waals surface area contributed by atoms with Gasteiger partial charge in [0.25, 0.3) is 5.91 Å². The molecule has 2 amide bonds. The van der Waals surface area contributed by atoms with Gasteiger partial charge in [0.15, 0.2) is 6.10 Å². The first-order valence-corrected chi connectivity index (χ1v) is 8.74. The SMILES string of the molecule is C[C@H](Oc1ccccc1)C(=O)Nc1ccc(N2CCNC(=O)C2)c(Cl)c1. The number of hydrogen-bond acceptors (Lipinski definition) is 4. The number of carbonyl (C=O) groups is 2. The van der Waals surface area contributed by atoms with Gasteiger partial charge >= 0.3 is 0 Å². The van der Waals surface area contributed by atoms with E-state index in [1.54, 1.807) is 37.3 Å². The molecule has 1 aliphatic heterocycles. The van der Waals surface area contributed by atoms with E-state index in [9.17, 15) is 9.59 Å². The van der Waals surface area contributed by atoms with E-state index in [-0.39, 0.29) is 18.4 Å². The van der Waals surface area contributed by atoms with Crippen molar-refractivity contribution in [2.45, 2.75) is 13.0 Å². The molecular formula is C19H20ClN3O3. The number of halogens is 1. The van der Waals surface area contributed by atoms with Crippen LogP contribution in [0.25, 0.3) is 0 Å². The number of rotatable bonds is 5. The maximum atomic E-state index is 12.3. The van der Waals surface area contributed by atoms with Crippen molar-refractivity contribution < 1.29 is 14.3 Å². The van der Waals surface area contributed by atoms with Crippen LogP contribution in [0.4, 0.5) is 11.4 Å². The van der Waals surface area contributed by atoms with Gasteiger partial charge in [-0.1, -0.05) is 29.8 Å². The summed E-state index contributed by atoms with van der Waals surface area (Å²) in [6, 6.07) is 14.4. The zero-order valence-electron chi connectivity index (χ0n) is 14.4. The Morgan fingerprint density at radius 2 is 2.04 bits per heavy atom. The zero-order valence-corrected chi connectivity index (χ0v) is 15.1. The van der Waals surface area contributed by atoms with Crippen LogP contribution in [0, 0.1) is 0 Å². The summed E-state index contributed by atoms with van der Waals surface area (Å²) in [5, 5.41) is 6.05. The minimum atomic E-state index is -0.651. The lowest BCUT2D eigenvalue weighted by atomic mass is 10.2. The van der Waals surface area contributed by atoms with Crippen molar-refractivity contribution in [3.05, 3.63) is 53.6 Å². The highest BCUT2D eigenvalue weighted by molar-refractivity contribution is 6.33. The summed E-state index contributed by atoms with van der Waals surface area (Å²) in [6.07, 6.45) is -0.651. The van der Waals surface area contributed by atoms with Crippen LogP contribution in [-0.4, -0.2) is 37.6 Å². The molecular weight excluding hydrogens is 354 g/mol. The number of piperazine rings is 1. The standard InChI is InChI=1S/C19H20ClN3O3/c1-13(26-15-5-3-2-4-6-15)19(25)22-14-7-8-17(16(20)11-14)23-10-9-21-18(24)12-23/h2-8,11,13H,9-10,12H2,1H3,(H,21,24)(H,22,25)/t13-/m0/s1. The molecule has 0 saturated carbocycles. The molecule has 136 valence electrons. The Hall–Kier alpha value is -2.73. The molecule has 2 aromatic carbocycles. The number of amides is 2. The van der Waals surface area contributed by atoms with Crippen molar-refractivity contribution in [2.75, 3.05) is 29.9 Å². The highest BCUT2D eigenvalue weighted by Crippen LogP contribution is 2.29. The minimum Gasteiger partial charge on any atom is -0.481 e.